The summed E-state index contributed by atoms with van der Waals surface area (Å²) < 4.78 is 44.8. The second-order valence-corrected chi connectivity index (χ2v) is 34.7. The van der Waals surface area contributed by atoms with E-state index in [0.29, 0.717) is 18.3 Å². The van der Waals surface area contributed by atoms with E-state index in [2.05, 4.69) is 54.8 Å². The number of ether oxygens (including phenoxy) is 7. The van der Waals surface area contributed by atoms with Crippen LogP contribution in [0.3, 0.4) is 0 Å². The molecule has 0 spiro atoms. The molecule has 9 amide bonds. The van der Waals surface area contributed by atoms with Crippen LogP contribution in [0, 0.1) is 29.6 Å². The van der Waals surface area contributed by atoms with Crippen molar-refractivity contribution in [2.75, 3.05) is 20.2 Å². The summed E-state index contributed by atoms with van der Waals surface area (Å²) in [6.45, 7) is 8.03. The van der Waals surface area contributed by atoms with Gasteiger partial charge in [-0.2, -0.15) is 0 Å². The zero-order chi connectivity index (χ0) is 87.6. The van der Waals surface area contributed by atoms with Gasteiger partial charge in [-0.05, 0) is 178 Å². The average molecular weight is 1740 g/mol. The Morgan fingerprint density at radius 2 is 1.29 bits per heavy atom. The number of fused-ring (bicyclic) bond motifs is 15. The molecule has 122 heavy (non-hydrogen) atoms. The van der Waals surface area contributed by atoms with Crippen molar-refractivity contribution in [2.24, 2.45) is 41.1 Å². The molecule has 7 heterocycles. The van der Waals surface area contributed by atoms with E-state index in [4.69, 9.17) is 67.8 Å². The Morgan fingerprint density at radius 1 is 0.672 bits per heavy atom. The number of likely N-dealkylation sites (N-methyl/N-ethyl adjacent to an activating group) is 1. The highest BCUT2D eigenvalue weighted by Gasteiger charge is 2.53. The Bertz CT molecular complexity index is 4740. The topological polar surface area (TPSA) is 540 Å². The highest BCUT2D eigenvalue weighted by Crippen LogP contribution is 2.55. The molecule has 660 valence electrons. The second kappa shape index (κ2) is 38.2. The number of amides is 9. The maximum absolute atomic E-state index is 16.5. The first kappa shape index (κ1) is 90.0. The van der Waals surface area contributed by atoms with Crippen LogP contribution in [0.2, 0.25) is 10.0 Å². The van der Waals surface area contributed by atoms with E-state index in [9.17, 15) is 55.2 Å². The van der Waals surface area contributed by atoms with Gasteiger partial charge in [0.1, 0.15) is 95.5 Å². The monoisotopic (exact) mass is 1740 g/mol. The number of halogens is 2. The van der Waals surface area contributed by atoms with Crippen LogP contribution in [0.4, 0.5) is 4.79 Å². The molecule has 15 bridgehead atoms. The normalized spacial score (nSPS) is 30.8. The fourth-order valence-electron chi connectivity index (χ4n) is 18.2. The Kier molecular flexibility index (Phi) is 28.2. The highest BCUT2D eigenvalue weighted by atomic mass is 35.5. The number of primary amides is 1. The molecule has 5 aromatic rings. The third kappa shape index (κ3) is 19.9. The summed E-state index contributed by atoms with van der Waals surface area (Å²) in [5.41, 5.74) is 8.89. The van der Waals surface area contributed by atoms with Crippen molar-refractivity contribution in [3.8, 4) is 57.1 Å². The van der Waals surface area contributed by atoms with Gasteiger partial charge in [0.2, 0.25) is 59.3 Å². The molecule has 5 aromatic carbocycles. The van der Waals surface area contributed by atoms with Crippen molar-refractivity contribution in [3.05, 3.63) is 117 Å². The summed E-state index contributed by atoms with van der Waals surface area (Å²) in [6, 6.07) is 0.622. The molecule has 16 rings (SSSR count). The summed E-state index contributed by atoms with van der Waals surface area (Å²) in [6.07, 6.45) is -9.70. The number of carbonyl (C=O) groups is 9. The molecule has 0 aromatic heterocycles. The van der Waals surface area contributed by atoms with Crippen LogP contribution in [0.1, 0.15) is 183 Å². The number of hydrogen-bond acceptors (Lipinski definition) is 26. The molecular weight excluding hydrogens is 1630 g/mol. The molecule has 18 atom stereocenters. The lowest BCUT2D eigenvalue weighted by molar-refractivity contribution is -0.333. The van der Waals surface area contributed by atoms with Gasteiger partial charge in [0.05, 0.1) is 41.3 Å². The van der Waals surface area contributed by atoms with Crippen LogP contribution in [-0.2, 0) is 52.6 Å². The van der Waals surface area contributed by atoms with E-state index in [0.717, 1.165) is 113 Å². The molecule has 9 unspecified atom stereocenters. The van der Waals surface area contributed by atoms with Crippen molar-refractivity contribution in [2.45, 2.75) is 240 Å². The first-order valence-electron chi connectivity index (χ1n) is 41.4. The minimum atomic E-state index is -2.35. The SMILES string of the molecule is CCCCCCCCNC(=O)Oc1cc(O)c2c(c1)[C@@H](C(=O)NC1C3CC4CC(C3)CC1C4)NC(=O)[C@H]1NC(=O)[C@H](NC(=O)[C@@H]3NC(=O)[C@H](CC(N)=O)NC(=O)[C@H](NC(=O)[C@@H](CC(C)C)NC)[C@H](O)c4ccc(c(Cl)c4)Oc4cc3cc(c4OC3OC(CO)C(O)C(O)C3OC3CC(C)(N)C(O)C(C)O3)Oc3ccc(cc3Cl)[C@H]1O)c1ccc(O)c-2c1. The lowest BCUT2D eigenvalue weighted by atomic mass is 9.54. The Labute approximate surface area is 713 Å². The van der Waals surface area contributed by atoms with Crippen molar-refractivity contribution in [1.82, 2.24) is 47.9 Å². The smallest absolute Gasteiger partial charge is 0.412 e. The molecule has 11 aliphatic rings. The largest absolute Gasteiger partial charge is 0.507 e. The maximum atomic E-state index is 16.5. The van der Waals surface area contributed by atoms with E-state index in [1.165, 1.54) is 51.2 Å². The van der Waals surface area contributed by atoms with E-state index in [1.807, 2.05) is 13.8 Å². The van der Waals surface area contributed by atoms with Gasteiger partial charge in [0, 0.05) is 41.7 Å². The number of phenols is 2. The predicted octanol–water partition coefficient (Wildman–Crippen LogP) is 4.71. The van der Waals surface area contributed by atoms with E-state index < -0.39 is 221 Å². The van der Waals surface area contributed by atoms with Gasteiger partial charge < -0.3 is 133 Å². The number of unbranched alkanes of at least 4 members (excludes halogenated alkanes) is 5. The predicted molar refractivity (Wildman–Crippen MR) is 436 cm³/mol. The summed E-state index contributed by atoms with van der Waals surface area (Å²) in [5, 5.41) is 119. The maximum Gasteiger partial charge on any atom is 0.412 e. The van der Waals surface area contributed by atoms with Crippen LogP contribution < -0.4 is 78.3 Å². The quantitative estimate of drug-likeness (QED) is 0.0417. The first-order chi connectivity index (χ1) is 58.1. The van der Waals surface area contributed by atoms with Crippen molar-refractivity contribution in [1.29, 1.82) is 0 Å². The molecule has 35 nitrogen and oxygen atoms in total. The van der Waals surface area contributed by atoms with Crippen molar-refractivity contribution in [3.63, 3.8) is 0 Å². The molecule has 6 fully saturated rings. The molecule has 4 aliphatic carbocycles. The van der Waals surface area contributed by atoms with E-state index in [1.54, 1.807) is 0 Å². The standard InChI is InChI=1S/C85H107Cl2N11O24/c1-7-8-9-10-11-12-19-91-84(115)117-46-31-48-62(54(101)32-46)47-26-40(13-16-53(47)100)64-78(110)98-68(82(114)96-66(48)80(112)93-63-43-22-38-21-39(24-43)25-44(63)23-38)70(104)42-15-18-56(50(87)28-42)119-58-30-45-29-57(73(58)122-83-74(72(106)71(105)59(35-99)120-83)121-61-34-85(5,89)75(107)37(4)116-61)118-55-17-14-41(27-49(55)86)69(103)67(97-76(108)51(90-6)20-36(2)3)81(113)92-52(33-60(88)102)77(109)94-65(45)79(111)95-64/h13-18,26-32,36-39,43-44,51-52,59,61,63-72,74-75,83,90,99-101,103-107H,7-12,19-25,33-35,89H2,1-6H3,(H2,88,102)(H,91,115)(H,92,113)(H,93,112)(H,94,109)(H,95,111)(H,96,114)(H,97,108)(H,98,110)/t37?,38?,39?,43?,44?,51-,52+,59?,61?,63?,64-,65-,66+,67-,68+,69-,70-,71?,72?,74?,75?,83?,85?/m1/s1. The van der Waals surface area contributed by atoms with Crippen molar-refractivity contribution >= 4 is 76.6 Å². The number of nitrogens with two attached hydrogens (primary N) is 2. The zero-order valence-corrected chi connectivity index (χ0v) is 69.6. The highest BCUT2D eigenvalue weighted by molar-refractivity contribution is 6.32. The van der Waals surface area contributed by atoms with Gasteiger partial charge in [-0.1, -0.05) is 94.3 Å². The molecule has 0 radical (unpaired) electrons. The fraction of sp³-hybridized carbons (Fsp3) is 0.541. The van der Waals surface area contributed by atoms with Crippen LogP contribution in [0.15, 0.2) is 78.9 Å². The van der Waals surface area contributed by atoms with Gasteiger partial charge in [-0.3, -0.25) is 38.4 Å². The van der Waals surface area contributed by atoms with Gasteiger partial charge in [0.25, 0.3) is 0 Å². The van der Waals surface area contributed by atoms with Crippen LogP contribution >= 0.6 is 23.2 Å². The number of phenolic OH excluding ortho intramolecular Hbond substituents is 2. The summed E-state index contributed by atoms with van der Waals surface area (Å²) in [5.74, 6) is -13.0. The Balaban J connectivity index is 1.00. The molecule has 37 heteroatoms. The van der Waals surface area contributed by atoms with Crippen molar-refractivity contribution < 1.29 is 117 Å². The third-order valence-corrected chi connectivity index (χ3v) is 24.9. The Morgan fingerprint density at radius 3 is 1.90 bits per heavy atom. The summed E-state index contributed by atoms with van der Waals surface area (Å²) >= 11 is 14.5. The molecule has 7 aliphatic heterocycles. The molecular formula is C85H107Cl2N11O24. The Hall–Kier alpha value is -9.73. The van der Waals surface area contributed by atoms with E-state index in [-0.39, 0.29) is 92.8 Å². The van der Waals surface area contributed by atoms with Gasteiger partial charge in [-0.25, -0.2) is 4.79 Å². The van der Waals surface area contributed by atoms with Crippen LogP contribution in [-0.4, -0.2) is 199 Å². The zero-order valence-electron chi connectivity index (χ0n) is 68.1. The van der Waals surface area contributed by atoms with Gasteiger partial charge in [0.15, 0.2) is 23.9 Å². The van der Waals surface area contributed by atoms with Crippen LogP contribution in [0.25, 0.3) is 11.1 Å². The number of aliphatic hydroxyl groups is 6. The number of rotatable bonds is 22. The summed E-state index contributed by atoms with van der Waals surface area (Å²) in [7, 11) is 1.49. The van der Waals surface area contributed by atoms with Gasteiger partial charge >= 0.3 is 6.09 Å². The third-order valence-electron chi connectivity index (χ3n) is 24.3. The molecule has 21 N–H and O–H groups in total. The fourth-order valence-corrected chi connectivity index (χ4v) is 18.7. The molecule has 2 saturated heterocycles. The lowest BCUT2D eigenvalue weighted by Crippen LogP contribution is -2.64. The number of carbonyl (C=O) groups excluding carboxylic acids is 9. The van der Waals surface area contributed by atoms with Gasteiger partial charge in [-0.15, -0.1) is 0 Å². The summed E-state index contributed by atoms with van der Waals surface area (Å²) in [4.78, 5) is 137. The number of aliphatic hydroxyl groups excluding tert-OH is 6. The number of benzene rings is 5. The molecule has 4 saturated carbocycles. The van der Waals surface area contributed by atoms with E-state index >= 15 is 28.8 Å². The second-order valence-electron chi connectivity index (χ2n) is 33.9. The number of nitrogens with one attached hydrogen (secondary N) is 9. The van der Waals surface area contributed by atoms with Crippen LogP contribution in [0.5, 0.6) is 46.0 Å². The number of hydrogen-bond donors (Lipinski definition) is 19. The number of aromatic hydroxyl groups is 2. The minimum Gasteiger partial charge on any atom is -0.507 e. The average Bonchev–Trinajstić information content (AvgIpc) is 0.756. The lowest BCUT2D eigenvalue weighted by Gasteiger charge is -2.54. The first-order valence-corrected chi connectivity index (χ1v) is 42.1. The minimum absolute atomic E-state index is 0.0383.